The molecular weight excluding hydrogens is 348 g/mol. The lowest BCUT2D eigenvalue weighted by Gasteiger charge is -2.19. The van der Waals surface area contributed by atoms with E-state index in [1.165, 1.54) is 11.1 Å². The van der Waals surface area contributed by atoms with Crippen molar-refractivity contribution < 1.29 is 9.59 Å². The molecule has 0 saturated heterocycles. The fourth-order valence-electron chi connectivity index (χ4n) is 3.36. The van der Waals surface area contributed by atoms with Crippen molar-refractivity contribution in [3.8, 4) is 0 Å². The quantitative estimate of drug-likeness (QED) is 0.714. The molecule has 0 aliphatic rings. The number of carbonyl (C=O) groups is 2. The molecule has 28 heavy (non-hydrogen) atoms. The van der Waals surface area contributed by atoms with Gasteiger partial charge in [0.15, 0.2) is 0 Å². The molecule has 144 valence electrons. The molecule has 2 amide bonds. The molecule has 1 N–H and O–H groups in total. The second kappa shape index (κ2) is 8.70. The summed E-state index contributed by atoms with van der Waals surface area (Å²) in [5.41, 5.74) is 4.45. The molecular formula is C24H26N2O2. The van der Waals surface area contributed by atoms with E-state index in [4.69, 9.17) is 0 Å². The molecule has 0 aromatic heterocycles. The molecule has 3 aromatic rings. The number of rotatable bonds is 6. The summed E-state index contributed by atoms with van der Waals surface area (Å²) >= 11 is 0. The molecule has 0 aliphatic carbocycles. The third-order valence-corrected chi connectivity index (χ3v) is 5.00. The standard InChI is InChI=1S/C24H26N2O2/c1-17-11-12-21(18(2)13-17)16-26(3)24(28)15-25-23(27)14-20-9-6-8-19-7-4-5-10-22(19)20/h4-13H,14-16H2,1-3H3,(H,25,27). The monoisotopic (exact) mass is 374 g/mol. The number of hydrogen-bond donors (Lipinski definition) is 1. The predicted octanol–water partition coefficient (Wildman–Crippen LogP) is 3.77. The first-order chi connectivity index (χ1) is 13.4. The maximum absolute atomic E-state index is 12.4. The molecule has 0 unspecified atom stereocenters. The summed E-state index contributed by atoms with van der Waals surface area (Å²) in [4.78, 5) is 26.4. The van der Waals surface area contributed by atoms with Crippen molar-refractivity contribution in [2.45, 2.75) is 26.8 Å². The zero-order valence-electron chi connectivity index (χ0n) is 16.7. The molecule has 3 aromatic carbocycles. The van der Waals surface area contributed by atoms with Crippen molar-refractivity contribution in [2.24, 2.45) is 0 Å². The number of carbonyl (C=O) groups excluding carboxylic acids is 2. The van der Waals surface area contributed by atoms with Crippen LogP contribution in [0, 0.1) is 13.8 Å². The third kappa shape index (κ3) is 4.77. The summed E-state index contributed by atoms with van der Waals surface area (Å²) < 4.78 is 0. The zero-order chi connectivity index (χ0) is 20.1. The molecule has 4 heteroatoms. The highest BCUT2D eigenvalue weighted by molar-refractivity contribution is 5.91. The summed E-state index contributed by atoms with van der Waals surface area (Å²) in [6, 6.07) is 20.1. The Kier molecular flexibility index (Phi) is 6.09. The van der Waals surface area contributed by atoms with Crippen LogP contribution in [0.1, 0.15) is 22.3 Å². The van der Waals surface area contributed by atoms with Gasteiger partial charge in [0.2, 0.25) is 11.8 Å². The third-order valence-electron chi connectivity index (χ3n) is 5.00. The molecule has 0 saturated carbocycles. The van der Waals surface area contributed by atoms with E-state index >= 15 is 0 Å². The molecule has 4 nitrogen and oxygen atoms in total. The van der Waals surface area contributed by atoms with Crippen molar-refractivity contribution in [3.05, 3.63) is 82.9 Å². The van der Waals surface area contributed by atoms with Gasteiger partial charge in [-0.05, 0) is 41.3 Å². The SMILES string of the molecule is Cc1ccc(CN(C)C(=O)CNC(=O)Cc2cccc3ccccc23)c(C)c1. The Morgan fingerprint density at radius 3 is 2.46 bits per heavy atom. The Hall–Kier alpha value is -3.14. The van der Waals surface area contributed by atoms with Gasteiger partial charge in [-0.2, -0.15) is 0 Å². The van der Waals surface area contributed by atoms with Gasteiger partial charge in [-0.25, -0.2) is 0 Å². The normalized spacial score (nSPS) is 10.7. The van der Waals surface area contributed by atoms with Crippen LogP contribution < -0.4 is 5.32 Å². The van der Waals surface area contributed by atoms with Gasteiger partial charge < -0.3 is 10.2 Å². The van der Waals surface area contributed by atoms with Crippen LogP contribution in [0.2, 0.25) is 0 Å². The second-order valence-corrected chi connectivity index (χ2v) is 7.27. The fraction of sp³-hybridized carbons (Fsp3) is 0.250. The van der Waals surface area contributed by atoms with Gasteiger partial charge in [0.25, 0.3) is 0 Å². The van der Waals surface area contributed by atoms with Gasteiger partial charge in [0, 0.05) is 13.6 Å². The molecule has 0 bridgehead atoms. The summed E-state index contributed by atoms with van der Waals surface area (Å²) in [6.07, 6.45) is 0.259. The highest BCUT2D eigenvalue weighted by Gasteiger charge is 2.13. The van der Waals surface area contributed by atoms with Gasteiger partial charge in [0.1, 0.15) is 0 Å². The van der Waals surface area contributed by atoms with Gasteiger partial charge in [-0.1, -0.05) is 66.2 Å². The van der Waals surface area contributed by atoms with E-state index in [1.807, 2.05) is 61.5 Å². The molecule has 0 fully saturated rings. The van der Waals surface area contributed by atoms with E-state index in [0.29, 0.717) is 6.54 Å². The van der Waals surface area contributed by atoms with Gasteiger partial charge in [-0.15, -0.1) is 0 Å². The van der Waals surface area contributed by atoms with Crippen LogP contribution in [0.25, 0.3) is 10.8 Å². The number of hydrogen-bond acceptors (Lipinski definition) is 2. The summed E-state index contributed by atoms with van der Waals surface area (Å²) in [7, 11) is 1.76. The molecule has 0 aliphatic heterocycles. The van der Waals surface area contributed by atoms with Crippen LogP contribution >= 0.6 is 0 Å². The van der Waals surface area contributed by atoms with Crippen molar-refractivity contribution >= 4 is 22.6 Å². The molecule has 3 rings (SSSR count). The van der Waals surface area contributed by atoms with Crippen LogP contribution in [0.4, 0.5) is 0 Å². The van der Waals surface area contributed by atoms with E-state index in [-0.39, 0.29) is 24.8 Å². The average molecular weight is 374 g/mol. The van der Waals surface area contributed by atoms with Crippen molar-refractivity contribution in [3.63, 3.8) is 0 Å². The highest BCUT2D eigenvalue weighted by atomic mass is 16.2. The van der Waals surface area contributed by atoms with E-state index in [2.05, 4.69) is 18.3 Å². The van der Waals surface area contributed by atoms with E-state index < -0.39 is 0 Å². The second-order valence-electron chi connectivity index (χ2n) is 7.27. The lowest BCUT2D eigenvalue weighted by molar-refractivity contribution is -0.132. The van der Waals surface area contributed by atoms with E-state index in [1.54, 1.807) is 11.9 Å². The summed E-state index contributed by atoms with van der Waals surface area (Å²) in [6.45, 7) is 4.64. The predicted molar refractivity (Wildman–Crippen MR) is 113 cm³/mol. The van der Waals surface area contributed by atoms with Crippen LogP contribution in [-0.4, -0.2) is 30.3 Å². The lowest BCUT2D eigenvalue weighted by Crippen LogP contribution is -2.38. The Morgan fingerprint density at radius 1 is 0.929 bits per heavy atom. The number of nitrogens with zero attached hydrogens (tertiary/aromatic N) is 1. The van der Waals surface area contributed by atoms with Crippen molar-refractivity contribution in [1.82, 2.24) is 10.2 Å². The average Bonchev–Trinajstić information content (AvgIpc) is 2.68. The maximum atomic E-state index is 12.4. The topological polar surface area (TPSA) is 49.4 Å². The maximum Gasteiger partial charge on any atom is 0.242 e. The summed E-state index contributed by atoms with van der Waals surface area (Å²) in [5, 5.41) is 4.93. The molecule has 0 atom stereocenters. The Labute approximate surface area is 166 Å². The van der Waals surface area contributed by atoms with Crippen LogP contribution in [0.5, 0.6) is 0 Å². The van der Waals surface area contributed by atoms with E-state index in [9.17, 15) is 9.59 Å². The van der Waals surface area contributed by atoms with Crippen molar-refractivity contribution in [2.75, 3.05) is 13.6 Å². The Bertz CT molecular complexity index is 1010. The minimum Gasteiger partial charge on any atom is -0.347 e. The Balaban J connectivity index is 1.55. The van der Waals surface area contributed by atoms with Gasteiger partial charge >= 0.3 is 0 Å². The molecule has 0 radical (unpaired) electrons. The Morgan fingerprint density at radius 2 is 1.68 bits per heavy atom. The largest absolute Gasteiger partial charge is 0.347 e. The van der Waals surface area contributed by atoms with Crippen LogP contribution in [0.3, 0.4) is 0 Å². The summed E-state index contributed by atoms with van der Waals surface area (Å²) in [5.74, 6) is -0.254. The van der Waals surface area contributed by atoms with Gasteiger partial charge in [-0.3, -0.25) is 9.59 Å². The first kappa shape index (κ1) is 19.6. The zero-order valence-corrected chi connectivity index (χ0v) is 16.7. The lowest BCUT2D eigenvalue weighted by atomic mass is 10.0. The molecule has 0 heterocycles. The number of fused-ring (bicyclic) bond motifs is 1. The first-order valence-electron chi connectivity index (χ1n) is 9.47. The van der Waals surface area contributed by atoms with E-state index in [0.717, 1.165) is 21.9 Å². The fourth-order valence-corrected chi connectivity index (χ4v) is 3.36. The van der Waals surface area contributed by atoms with Crippen LogP contribution in [-0.2, 0) is 22.6 Å². The molecule has 0 spiro atoms. The highest BCUT2D eigenvalue weighted by Crippen LogP contribution is 2.18. The minimum atomic E-state index is -0.149. The number of aryl methyl sites for hydroxylation is 2. The number of likely N-dealkylation sites (N-methyl/N-ethyl adjacent to an activating group) is 1. The number of nitrogens with one attached hydrogen (secondary N) is 1. The van der Waals surface area contributed by atoms with Gasteiger partial charge in [0.05, 0.1) is 13.0 Å². The van der Waals surface area contributed by atoms with Crippen molar-refractivity contribution in [1.29, 1.82) is 0 Å². The number of benzene rings is 3. The first-order valence-corrected chi connectivity index (χ1v) is 9.47. The van der Waals surface area contributed by atoms with Crippen LogP contribution in [0.15, 0.2) is 60.7 Å². The minimum absolute atomic E-state index is 0.00497. The number of amides is 2. The smallest absolute Gasteiger partial charge is 0.242 e.